The maximum Gasteiger partial charge on any atom is 0.183 e. The third-order valence-electron chi connectivity index (χ3n) is 1.67. The molecule has 2 heterocycles. The molecule has 0 saturated carbocycles. The maximum absolute atomic E-state index is 4.02. The van der Waals surface area contributed by atoms with Gasteiger partial charge in [0.25, 0.3) is 0 Å². The molecule has 0 N–H and O–H groups in total. The van der Waals surface area contributed by atoms with Gasteiger partial charge in [-0.3, -0.25) is 0 Å². The van der Waals surface area contributed by atoms with Crippen molar-refractivity contribution in [2.24, 2.45) is 0 Å². The Balaban J connectivity index is 2.36. The molecule has 7 heteroatoms. The molecular weight excluding hydrogens is 266 g/mol. The van der Waals surface area contributed by atoms with Crippen LogP contribution in [0.2, 0.25) is 0 Å². The summed E-state index contributed by atoms with van der Waals surface area (Å²) >= 11 is 4.76. The van der Waals surface area contributed by atoms with Crippen LogP contribution in [0.15, 0.2) is 10.1 Å². The molecule has 0 bridgehead atoms. The molecule has 2 aromatic heterocycles. The summed E-state index contributed by atoms with van der Waals surface area (Å²) in [6.07, 6.45) is 2.74. The fourth-order valence-electron chi connectivity index (χ4n) is 1.11. The minimum absolute atomic E-state index is 0.775. The van der Waals surface area contributed by atoms with Gasteiger partial charge in [-0.2, -0.15) is 0 Å². The van der Waals surface area contributed by atoms with Crippen molar-refractivity contribution in [3.63, 3.8) is 0 Å². The van der Waals surface area contributed by atoms with E-state index in [0.717, 1.165) is 27.6 Å². The lowest BCUT2D eigenvalue weighted by Gasteiger charge is -1.99. The SMILES string of the molecule is CCCn1nncc1-c1nnc(Br)s1. The van der Waals surface area contributed by atoms with E-state index in [1.54, 1.807) is 6.20 Å². The molecule has 0 aliphatic heterocycles. The lowest BCUT2D eigenvalue weighted by atomic mass is 10.4. The molecule has 0 spiro atoms. The van der Waals surface area contributed by atoms with Gasteiger partial charge in [-0.25, -0.2) is 4.68 Å². The van der Waals surface area contributed by atoms with E-state index in [1.807, 2.05) is 4.68 Å². The normalized spacial score (nSPS) is 10.7. The van der Waals surface area contributed by atoms with Crippen LogP contribution in [0, 0.1) is 0 Å². The molecule has 0 radical (unpaired) electrons. The van der Waals surface area contributed by atoms with Gasteiger partial charge in [0.15, 0.2) is 8.92 Å². The summed E-state index contributed by atoms with van der Waals surface area (Å²) < 4.78 is 2.61. The molecule has 0 saturated heterocycles. The first kappa shape index (κ1) is 9.72. The van der Waals surface area contributed by atoms with E-state index < -0.39 is 0 Å². The molecule has 0 aliphatic rings. The predicted molar refractivity (Wildman–Crippen MR) is 56.9 cm³/mol. The molecule has 0 unspecified atom stereocenters. The van der Waals surface area contributed by atoms with Gasteiger partial charge in [0.1, 0.15) is 5.69 Å². The zero-order valence-corrected chi connectivity index (χ0v) is 9.92. The number of rotatable bonds is 3. The summed E-state index contributed by atoms with van der Waals surface area (Å²) in [6.45, 7) is 2.95. The van der Waals surface area contributed by atoms with Gasteiger partial charge in [-0.1, -0.05) is 23.5 Å². The van der Waals surface area contributed by atoms with Gasteiger partial charge >= 0.3 is 0 Å². The minimum Gasteiger partial charge on any atom is -0.242 e. The van der Waals surface area contributed by atoms with Gasteiger partial charge in [0.2, 0.25) is 0 Å². The highest BCUT2D eigenvalue weighted by atomic mass is 79.9. The van der Waals surface area contributed by atoms with E-state index in [2.05, 4.69) is 43.4 Å². The van der Waals surface area contributed by atoms with Crippen LogP contribution in [0.1, 0.15) is 13.3 Å². The highest BCUT2D eigenvalue weighted by Gasteiger charge is 2.10. The van der Waals surface area contributed by atoms with Gasteiger partial charge in [-0.15, -0.1) is 15.3 Å². The second-order valence-electron chi connectivity index (χ2n) is 2.70. The number of hydrogen-bond donors (Lipinski definition) is 0. The second-order valence-corrected chi connectivity index (χ2v) is 4.96. The number of hydrogen-bond acceptors (Lipinski definition) is 5. The minimum atomic E-state index is 0.775. The largest absolute Gasteiger partial charge is 0.242 e. The molecule has 0 aliphatic carbocycles. The summed E-state index contributed by atoms with van der Waals surface area (Å²) in [5, 5.41) is 16.6. The van der Waals surface area contributed by atoms with Crippen LogP contribution in [-0.4, -0.2) is 25.2 Å². The maximum atomic E-state index is 4.02. The Morgan fingerprint density at radius 1 is 1.50 bits per heavy atom. The number of nitrogens with zero attached hydrogens (tertiary/aromatic N) is 5. The molecule has 14 heavy (non-hydrogen) atoms. The molecule has 2 rings (SSSR count). The Kier molecular flexibility index (Phi) is 2.87. The fraction of sp³-hybridized carbons (Fsp3) is 0.429. The zero-order valence-electron chi connectivity index (χ0n) is 7.51. The molecular formula is C7H8BrN5S. The molecule has 0 atom stereocenters. The molecule has 0 aromatic carbocycles. The second kappa shape index (κ2) is 4.14. The monoisotopic (exact) mass is 273 g/mol. The van der Waals surface area contributed by atoms with Gasteiger partial charge in [0.05, 0.1) is 6.20 Å². The highest BCUT2D eigenvalue weighted by Crippen LogP contribution is 2.25. The third kappa shape index (κ3) is 1.83. The summed E-state index contributed by atoms with van der Waals surface area (Å²) in [4.78, 5) is 0. The Labute approximate surface area is 93.3 Å². The average Bonchev–Trinajstić information content (AvgIpc) is 2.74. The van der Waals surface area contributed by atoms with Crippen LogP contribution in [-0.2, 0) is 6.54 Å². The Bertz CT molecular complexity index is 423. The zero-order chi connectivity index (χ0) is 9.97. The third-order valence-corrected chi connectivity index (χ3v) is 3.05. The van der Waals surface area contributed by atoms with Gasteiger partial charge in [0, 0.05) is 6.54 Å². The molecule has 74 valence electrons. The van der Waals surface area contributed by atoms with Crippen LogP contribution in [0.5, 0.6) is 0 Å². The average molecular weight is 274 g/mol. The highest BCUT2D eigenvalue weighted by molar-refractivity contribution is 9.11. The summed E-state index contributed by atoms with van der Waals surface area (Å²) in [5.41, 5.74) is 0.926. The van der Waals surface area contributed by atoms with Crippen LogP contribution in [0.3, 0.4) is 0 Å². The topological polar surface area (TPSA) is 56.5 Å². The first-order valence-corrected chi connectivity index (χ1v) is 5.80. The number of aromatic nitrogens is 5. The molecule has 0 fully saturated rings. The number of aryl methyl sites for hydroxylation is 1. The molecule has 2 aromatic rings. The van der Waals surface area contributed by atoms with Crippen molar-refractivity contribution in [1.82, 2.24) is 25.2 Å². The van der Waals surface area contributed by atoms with Gasteiger partial charge < -0.3 is 0 Å². The summed E-state index contributed by atoms with van der Waals surface area (Å²) in [6, 6.07) is 0. The summed E-state index contributed by atoms with van der Waals surface area (Å²) in [7, 11) is 0. The molecule has 5 nitrogen and oxygen atoms in total. The van der Waals surface area contributed by atoms with Crippen LogP contribution >= 0.6 is 27.3 Å². The summed E-state index contributed by atoms with van der Waals surface area (Å²) in [5.74, 6) is 0. The van der Waals surface area contributed by atoms with E-state index in [4.69, 9.17) is 0 Å². The smallest absolute Gasteiger partial charge is 0.183 e. The van der Waals surface area contributed by atoms with E-state index in [9.17, 15) is 0 Å². The van der Waals surface area contributed by atoms with E-state index in [0.29, 0.717) is 0 Å². The van der Waals surface area contributed by atoms with E-state index >= 15 is 0 Å². The Hall–Kier alpha value is -0.820. The van der Waals surface area contributed by atoms with Crippen molar-refractivity contribution in [3.05, 3.63) is 10.1 Å². The van der Waals surface area contributed by atoms with Crippen LogP contribution in [0.4, 0.5) is 0 Å². The van der Waals surface area contributed by atoms with E-state index in [1.165, 1.54) is 11.3 Å². The van der Waals surface area contributed by atoms with Crippen molar-refractivity contribution in [2.45, 2.75) is 19.9 Å². The van der Waals surface area contributed by atoms with Crippen molar-refractivity contribution >= 4 is 27.3 Å². The number of halogens is 1. The van der Waals surface area contributed by atoms with Crippen molar-refractivity contribution in [1.29, 1.82) is 0 Å². The standard InChI is InChI=1S/C7H8BrN5S/c1-2-3-13-5(4-9-12-13)6-10-11-7(8)14-6/h4H,2-3H2,1H3. The van der Waals surface area contributed by atoms with Crippen molar-refractivity contribution < 1.29 is 0 Å². The Morgan fingerprint density at radius 2 is 2.36 bits per heavy atom. The van der Waals surface area contributed by atoms with Crippen molar-refractivity contribution in [3.8, 4) is 10.7 Å². The van der Waals surface area contributed by atoms with Crippen molar-refractivity contribution in [2.75, 3.05) is 0 Å². The first-order valence-electron chi connectivity index (χ1n) is 4.19. The first-order chi connectivity index (χ1) is 6.81. The van der Waals surface area contributed by atoms with E-state index in [-0.39, 0.29) is 0 Å². The van der Waals surface area contributed by atoms with Crippen LogP contribution in [0.25, 0.3) is 10.7 Å². The lowest BCUT2D eigenvalue weighted by molar-refractivity contribution is 0.584. The Morgan fingerprint density at radius 3 is 3.00 bits per heavy atom. The molecule has 0 amide bonds. The predicted octanol–water partition coefficient (Wildman–Crippen LogP) is 1.97. The fourth-order valence-corrected chi connectivity index (χ4v) is 2.23. The van der Waals surface area contributed by atoms with Gasteiger partial charge in [-0.05, 0) is 22.4 Å². The quantitative estimate of drug-likeness (QED) is 0.858. The van der Waals surface area contributed by atoms with Crippen LogP contribution < -0.4 is 0 Å². The lowest BCUT2D eigenvalue weighted by Crippen LogP contribution is -2.01.